The van der Waals surface area contributed by atoms with E-state index in [1.165, 1.54) is 5.69 Å². The number of anilines is 2. The number of ether oxygens (including phenoxy) is 1. The van der Waals surface area contributed by atoms with Gasteiger partial charge in [0.15, 0.2) is 0 Å². The first-order chi connectivity index (χ1) is 16.1. The van der Waals surface area contributed by atoms with Crippen LogP contribution in [0.25, 0.3) is 0 Å². The highest BCUT2D eigenvalue weighted by Gasteiger charge is 2.25. The van der Waals surface area contributed by atoms with Crippen LogP contribution in [0.4, 0.5) is 11.5 Å². The van der Waals surface area contributed by atoms with Gasteiger partial charge >= 0.3 is 0 Å². The molecular formula is C26H30N5OP. The number of rotatable bonds is 10. The van der Waals surface area contributed by atoms with E-state index in [0.29, 0.717) is 13.2 Å². The van der Waals surface area contributed by atoms with E-state index in [1.54, 1.807) is 0 Å². The zero-order chi connectivity index (χ0) is 23.0. The number of azo groups is 1. The number of pyridine rings is 1. The molecule has 4 rings (SSSR count). The Bertz CT molecular complexity index is 1090. The number of hydrogen-bond donors (Lipinski definition) is 0. The monoisotopic (exact) mass is 459 g/mol. The van der Waals surface area contributed by atoms with Gasteiger partial charge in [-0.3, -0.25) is 0 Å². The van der Waals surface area contributed by atoms with Gasteiger partial charge in [0.25, 0.3) is 0 Å². The lowest BCUT2D eigenvalue weighted by Crippen LogP contribution is -2.44. The van der Waals surface area contributed by atoms with Gasteiger partial charge in [-0.05, 0) is 37.3 Å². The van der Waals surface area contributed by atoms with Crippen molar-refractivity contribution in [3.05, 3.63) is 90.8 Å². The molecule has 2 heterocycles. The highest BCUT2D eigenvalue weighted by atomic mass is 31.0. The average Bonchev–Trinajstić information content (AvgIpc) is 3.30. The summed E-state index contributed by atoms with van der Waals surface area (Å²) in [6.07, 6.45) is 3.66. The van der Waals surface area contributed by atoms with Gasteiger partial charge in [-0.15, -0.1) is 9.24 Å². The van der Waals surface area contributed by atoms with E-state index in [-0.39, 0.29) is 12.1 Å². The van der Waals surface area contributed by atoms with Crippen molar-refractivity contribution < 1.29 is 4.74 Å². The van der Waals surface area contributed by atoms with Crippen molar-refractivity contribution in [2.24, 2.45) is 10.2 Å². The molecule has 1 aliphatic rings. The maximum atomic E-state index is 6.06. The second kappa shape index (κ2) is 11.1. The molecule has 0 N–H and O–H groups in total. The molecule has 0 saturated carbocycles. The zero-order valence-electron chi connectivity index (χ0n) is 19.1. The van der Waals surface area contributed by atoms with Crippen LogP contribution in [0.5, 0.6) is 5.75 Å². The highest BCUT2D eigenvalue weighted by molar-refractivity contribution is 7.27. The maximum Gasteiger partial charge on any atom is 0.128 e. The van der Waals surface area contributed by atoms with Crippen molar-refractivity contribution in [1.82, 2.24) is 4.98 Å². The molecule has 6 nitrogen and oxygen atoms in total. The van der Waals surface area contributed by atoms with E-state index in [2.05, 4.69) is 72.5 Å². The fourth-order valence-electron chi connectivity index (χ4n) is 3.78. The van der Waals surface area contributed by atoms with Crippen LogP contribution in [0.15, 0.2) is 101 Å². The molecule has 1 aromatic heterocycles. The van der Waals surface area contributed by atoms with Crippen LogP contribution < -0.4 is 19.8 Å². The standard InChI is InChI=1S/C26H30N5OP/c1-20(30(2)22-10-4-3-5-11-22)17-31(26-14-8-9-15-27-26)18-23-21(16-28-29-23)19-32-24-12-6-7-13-25(24)33/h3-16,20,23H,17-19,33H2,1-2H3. The van der Waals surface area contributed by atoms with Gasteiger partial charge in [-0.2, -0.15) is 10.2 Å². The summed E-state index contributed by atoms with van der Waals surface area (Å²) in [5.74, 6) is 1.79. The van der Waals surface area contributed by atoms with Gasteiger partial charge in [-0.25, -0.2) is 4.98 Å². The smallest absolute Gasteiger partial charge is 0.128 e. The summed E-state index contributed by atoms with van der Waals surface area (Å²) >= 11 is 0. The first kappa shape index (κ1) is 22.9. The molecule has 0 saturated heterocycles. The van der Waals surface area contributed by atoms with Crippen molar-refractivity contribution in [1.29, 1.82) is 0 Å². The minimum Gasteiger partial charge on any atom is -0.488 e. The third kappa shape index (κ3) is 5.96. The number of para-hydroxylation sites is 2. The Morgan fingerprint density at radius 2 is 1.76 bits per heavy atom. The molecule has 33 heavy (non-hydrogen) atoms. The van der Waals surface area contributed by atoms with Gasteiger partial charge in [-0.1, -0.05) is 42.5 Å². The lowest BCUT2D eigenvalue weighted by molar-refractivity contribution is 0.347. The lowest BCUT2D eigenvalue weighted by atomic mass is 10.1. The first-order valence-corrected chi connectivity index (χ1v) is 11.7. The fraction of sp³-hybridized carbons (Fsp3) is 0.269. The number of benzene rings is 2. The van der Waals surface area contributed by atoms with E-state index in [9.17, 15) is 0 Å². The van der Waals surface area contributed by atoms with E-state index < -0.39 is 0 Å². The van der Waals surface area contributed by atoms with E-state index in [0.717, 1.165) is 29.0 Å². The molecule has 1 aliphatic heterocycles. The highest BCUT2D eigenvalue weighted by Crippen LogP contribution is 2.23. The molecular weight excluding hydrogens is 429 g/mol. The normalized spacial score (nSPS) is 15.7. The average molecular weight is 460 g/mol. The minimum atomic E-state index is -0.0714. The SMILES string of the molecule is CC(CN(CC1N=NC=C1COc1ccccc1P)c1ccccn1)N(C)c1ccccc1. The molecule has 0 amide bonds. The van der Waals surface area contributed by atoms with Gasteiger partial charge < -0.3 is 14.5 Å². The van der Waals surface area contributed by atoms with E-state index >= 15 is 0 Å². The molecule has 3 aromatic rings. The van der Waals surface area contributed by atoms with Crippen LogP contribution in [0.3, 0.4) is 0 Å². The van der Waals surface area contributed by atoms with E-state index in [4.69, 9.17) is 4.74 Å². The molecule has 7 heteroatoms. The number of aromatic nitrogens is 1. The van der Waals surface area contributed by atoms with Crippen LogP contribution in [-0.4, -0.2) is 43.8 Å². The van der Waals surface area contributed by atoms with Crippen LogP contribution in [0.1, 0.15) is 6.92 Å². The molecule has 3 unspecified atom stereocenters. The molecule has 0 bridgehead atoms. The second-order valence-electron chi connectivity index (χ2n) is 8.17. The predicted molar refractivity (Wildman–Crippen MR) is 139 cm³/mol. The molecule has 0 aliphatic carbocycles. The largest absolute Gasteiger partial charge is 0.488 e. The van der Waals surface area contributed by atoms with Gasteiger partial charge in [0.05, 0.1) is 6.20 Å². The number of likely N-dealkylation sites (N-methyl/N-ethyl adjacent to an activating group) is 1. The Kier molecular flexibility index (Phi) is 7.69. The van der Waals surface area contributed by atoms with E-state index in [1.807, 2.05) is 60.9 Å². The quantitative estimate of drug-likeness (QED) is 0.412. The molecule has 2 aromatic carbocycles. The Labute approximate surface area is 198 Å². The minimum absolute atomic E-state index is 0.0714. The summed E-state index contributed by atoms with van der Waals surface area (Å²) in [6, 6.07) is 24.6. The maximum absolute atomic E-state index is 6.06. The van der Waals surface area contributed by atoms with Crippen LogP contribution in [-0.2, 0) is 0 Å². The van der Waals surface area contributed by atoms with Gasteiger partial charge in [0, 0.05) is 48.9 Å². The van der Waals surface area contributed by atoms with Gasteiger partial charge in [0.1, 0.15) is 24.2 Å². The number of hydrogen-bond acceptors (Lipinski definition) is 6. The Morgan fingerprint density at radius 1 is 1.00 bits per heavy atom. The topological polar surface area (TPSA) is 53.3 Å². The Morgan fingerprint density at radius 3 is 2.52 bits per heavy atom. The van der Waals surface area contributed by atoms with Crippen LogP contribution >= 0.6 is 9.24 Å². The summed E-state index contributed by atoms with van der Waals surface area (Å²) in [7, 11) is 4.84. The van der Waals surface area contributed by atoms with Crippen molar-refractivity contribution in [3.8, 4) is 5.75 Å². The summed E-state index contributed by atoms with van der Waals surface area (Å²) in [4.78, 5) is 9.20. The summed E-state index contributed by atoms with van der Waals surface area (Å²) in [6.45, 7) is 4.18. The Balaban J connectivity index is 1.45. The second-order valence-corrected chi connectivity index (χ2v) is 8.79. The molecule has 0 spiro atoms. The van der Waals surface area contributed by atoms with Crippen molar-refractivity contribution in [2.75, 3.05) is 36.5 Å². The molecule has 0 radical (unpaired) electrons. The van der Waals surface area contributed by atoms with Crippen LogP contribution in [0, 0.1) is 0 Å². The third-order valence-electron chi connectivity index (χ3n) is 5.85. The fourth-order valence-corrected chi connectivity index (χ4v) is 4.07. The predicted octanol–water partition coefficient (Wildman–Crippen LogP) is 4.71. The molecule has 0 fully saturated rings. The molecule has 3 atom stereocenters. The lowest BCUT2D eigenvalue weighted by Gasteiger charge is -2.34. The van der Waals surface area contributed by atoms with Crippen molar-refractivity contribution in [2.45, 2.75) is 19.0 Å². The first-order valence-electron chi connectivity index (χ1n) is 11.1. The van der Waals surface area contributed by atoms with Gasteiger partial charge in [0.2, 0.25) is 0 Å². The summed E-state index contributed by atoms with van der Waals surface area (Å²) in [5.41, 5.74) is 2.25. The molecule has 170 valence electrons. The van der Waals surface area contributed by atoms with Crippen molar-refractivity contribution in [3.63, 3.8) is 0 Å². The number of nitrogens with zero attached hydrogens (tertiary/aromatic N) is 5. The van der Waals surface area contributed by atoms with Crippen LogP contribution in [0.2, 0.25) is 0 Å². The summed E-state index contributed by atoms with van der Waals surface area (Å²) in [5, 5.41) is 9.74. The summed E-state index contributed by atoms with van der Waals surface area (Å²) < 4.78 is 6.06. The third-order valence-corrected chi connectivity index (χ3v) is 6.32. The zero-order valence-corrected chi connectivity index (χ0v) is 20.2. The van der Waals surface area contributed by atoms with Crippen molar-refractivity contribution >= 4 is 26.0 Å². The Hall–Kier alpha value is -3.24.